The Morgan fingerprint density at radius 3 is 2.88 bits per heavy atom. The van der Waals surface area contributed by atoms with Crippen molar-refractivity contribution >= 4 is 0 Å². The first-order chi connectivity index (χ1) is 8.16. The van der Waals surface area contributed by atoms with E-state index in [4.69, 9.17) is 5.73 Å². The van der Waals surface area contributed by atoms with Crippen LogP contribution in [0.15, 0.2) is 36.7 Å². The largest absolute Gasteiger partial charge is 0.325 e. The van der Waals surface area contributed by atoms with Crippen molar-refractivity contribution in [1.82, 2.24) is 9.55 Å². The van der Waals surface area contributed by atoms with Gasteiger partial charge in [0.2, 0.25) is 0 Å². The lowest BCUT2D eigenvalue weighted by Crippen LogP contribution is -2.24. The molecule has 1 aliphatic rings. The molecule has 0 saturated heterocycles. The van der Waals surface area contributed by atoms with Crippen molar-refractivity contribution in [1.29, 1.82) is 0 Å². The van der Waals surface area contributed by atoms with Crippen LogP contribution in [-0.4, -0.2) is 15.1 Å². The van der Waals surface area contributed by atoms with Crippen molar-refractivity contribution in [3.05, 3.63) is 48.0 Å². The summed E-state index contributed by atoms with van der Waals surface area (Å²) in [7, 11) is 0. The molecule has 88 valence electrons. The van der Waals surface area contributed by atoms with Crippen LogP contribution < -0.4 is 5.73 Å². The van der Waals surface area contributed by atoms with Crippen LogP contribution in [0.3, 0.4) is 0 Å². The zero-order valence-electron chi connectivity index (χ0n) is 10.1. The standard InChI is InChI=1S/C14H17N3/c1-11-16-7-8-17(11)13-4-2-3-12(9-13)10-14(15)5-6-14/h2-4,7-9H,5-6,10,15H2,1H3. The Hall–Kier alpha value is -1.61. The van der Waals surface area contributed by atoms with Gasteiger partial charge in [0, 0.05) is 23.6 Å². The third-order valence-corrected chi connectivity index (χ3v) is 3.46. The molecule has 3 rings (SSSR count). The maximum Gasteiger partial charge on any atom is 0.110 e. The summed E-state index contributed by atoms with van der Waals surface area (Å²) in [6, 6.07) is 8.56. The van der Waals surface area contributed by atoms with E-state index in [0.29, 0.717) is 0 Å². The summed E-state index contributed by atoms with van der Waals surface area (Å²) in [6.07, 6.45) is 7.11. The average Bonchev–Trinajstić information content (AvgIpc) is 2.87. The van der Waals surface area contributed by atoms with Gasteiger partial charge in [-0.2, -0.15) is 0 Å². The number of nitrogens with zero attached hydrogens (tertiary/aromatic N) is 2. The molecule has 0 bridgehead atoms. The van der Waals surface area contributed by atoms with E-state index in [1.807, 2.05) is 19.3 Å². The second kappa shape index (κ2) is 3.70. The smallest absolute Gasteiger partial charge is 0.110 e. The van der Waals surface area contributed by atoms with Gasteiger partial charge < -0.3 is 10.3 Å². The Morgan fingerprint density at radius 1 is 1.41 bits per heavy atom. The van der Waals surface area contributed by atoms with Gasteiger partial charge >= 0.3 is 0 Å². The molecular formula is C14H17N3. The number of benzene rings is 1. The fraction of sp³-hybridized carbons (Fsp3) is 0.357. The van der Waals surface area contributed by atoms with Crippen molar-refractivity contribution in [2.75, 3.05) is 0 Å². The minimum Gasteiger partial charge on any atom is -0.325 e. The number of imidazole rings is 1. The van der Waals surface area contributed by atoms with Crippen molar-refractivity contribution in [3.8, 4) is 5.69 Å². The highest BCUT2D eigenvalue weighted by Crippen LogP contribution is 2.35. The molecule has 2 N–H and O–H groups in total. The molecule has 0 radical (unpaired) electrons. The van der Waals surface area contributed by atoms with E-state index in [0.717, 1.165) is 25.1 Å². The molecule has 0 amide bonds. The fourth-order valence-electron chi connectivity index (χ4n) is 2.21. The summed E-state index contributed by atoms with van der Waals surface area (Å²) in [5.41, 5.74) is 8.71. The molecule has 1 aromatic carbocycles. The average molecular weight is 227 g/mol. The first-order valence-electron chi connectivity index (χ1n) is 6.04. The number of hydrogen-bond acceptors (Lipinski definition) is 2. The Labute approximate surface area is 101 Å². The Bertz CT molecular complexity index is 538. The molecule has 2 aromatic rings. The quantitative estimate of drug-likeness (QED) is 0.873. The molecule has 1 saturated carbocycles. The highest BCUT2D eigenvalue weighted by atomic mass is 15.1. The van der Waals surface area contributed by atoms with E-state index in [9.17, 15) is 0 Å². The zero-order valence-corrected chi connectivity index (χ0v) is 10.1. The molecule has 0 spiro atoms. The summed E-state index contributed by atoms with van der Waals surface area (Å²) in [4.78, 5) is 4.25. The molecule has 1 heterocycles. The molecule has 3 heteroatoms. The molecule has 1 fully saturated rings. The summed E-state index contributed by atoms with van der Waals surface area (Å²) in [5.74, 6) is 1.01. The van der Waals surface area contributed by atoms with Crippen LogP contribution in [0.4, 0.5) is 0 Å². The van der Waals surface area contributed by atoms with E-state index in [1.54, 1.807) is 0 Å². The van der Waals surface area contributed by atoms with Crippen molar-refractivity contribution in [2.24, 2.45) is 5.73 Å². The maximum absolute atomic E-state index is 6.16. The Balaban J connectivity index is 1.91. The van der Waals surface area contributed by atoms with E-state index in [2.05, 4.69) is 33.8 Å². The van der Waals surface area contributed by atoms with Gasteiger partial charge in [0.05, 0.1) is 0 Å². The third kappa shape index (κ3) is 2.11. The van der Waals surface area contributed by atoms with Crippen LogP contribution >= 0.6 is 0 Å². The zero-order chi connectivity index (χ0) is 11.9. The van der Waals surface area contributed by atoms with Gasteiger partial charge in [-0.25, -0.2) is 4.98 Å². The Morgan fingerprint density at radius 2 is 2.24 bits per heavy atom. The molecule has 0 atom stereocenters. The number of aromatic nitrogens is 2. The predicted octanol–water partition coefficient (Wildman–Crippen LogP) is 2.21. The lowest BCUT2D eigenvalue weighted by molar-refractivity contribution is 0.672. The number of aryl methyl sites for hydroxylation is 1. The summed E-state index contributed by atoms with van der Waals surface area (Å²) >= 11 is 0. The third-order valence-electron chi connectivity index (χ3n) is 3.46. The summed E-state index contributed by atoms with van der Waals surface area (Å²) in [5, 5.41) is 0. The van der Waals surface area contributed by atoms with Gasteiger partial charge in [0.15, 0.2) is 0 Å². The first-order valence-corrected chi connectivity index (χ1v) is 6.04. The van der Waals surface area contributed by atoms with Crippen LogP contribution in [-0.2, 0) is 6.42 Å². The topological polar surface area (TPSA) is 43.8 Å². The van der Waals surface area contributed by atoms with E-state index in [1.165, 1.54) is 11.3 Å². The SMILES string of the molecule is Cc1nccn1-c1cccc(CC2(N)CC2)c1. The molecule has 0 unspecified atom stereocenters. The maximum atomic E-state index is 6.16. The van der Waals surface area contributed by atoms with Gasteiger partial charge in [0.25, 0.3) is 0 Å². The van der Waals surface area contributed by atoms with Crippen LogP contribution in [0.5, 0.6) is 0 Å². The number of nitrogens with two attached hydrogens (primary N) is 1. The van der Waals surface area contributed by atoms with Crippen molar-refractivity contribution in [3.63, 3.8) is 0 Å². The monoisotopic (exact) mass is 227 g/mol. The molecule has 1 aliphatic carbocycles. The second-order valence-corrected chi connectivity index (χ2v) is 5.05. The van der Waals surface area contributed by atoms with E-state index < -0.39 is 0 Å². The minimum absolute atomic E-state index is 0.0720. The number of hydrogen-bond donors (Lipinski definition) is 1. The lowest BCUT2D eigenvalue weighted by atomic mass is 10.0. The van der Waals surface area contributed by atoms with Crippen LogP contribution in [0.2, 0.25) is 0 Å². The van der Waals surface area contributed by atoms with Gasteiger partial charge in [-0.05, 0) is 43.9 Å². The first kappa shape index (κ1) is 10.5. The van der Waals surface area contributed by atoms with E-state index in [-0.39, 0.29) is 5.54 Å². The van der Waals surface area contributed by atoms with E-state index >= 15 is 0 Å². The summed E-state index contributed by atoms with van der Waals surface area (Å²) < 4.78 is 2.10. The molecule has 1 aromatic heterocycles. The highest BCUT2D eigenvalue weighted by molar-refractivity contribution is 5.38. The summed E-state index contributed by atoms with van der Waals surface area (Å²) in [6.45, 7) is 2.01. The lowest BCUT2D eigenvalue weighted by Gasteiger charge is -2.11. The van der Waals surface area contributed by atoms with Crippen LogP contribution in [0.1, 0.15) is 24.2 Å². The molecule has 0 aliphatic heterocycles. The molecular weight excluding hydrogens is 210 g/mol. The molecule has 3 nitrogen and oxygen atoms in total. The minimum atomic E-state index is 0.0720. The van der Waals surface area contributed by atoms with Crippen LogP contribution in [0, 0.1) is 6.92 Å². The molecule has 17 heavy (non-hydrogen) atoms. The van der Waals surface area contributed by atoms with Crippen molar-refractivity contribution < 1.29 is 0 Å². The normalized spacial score (nSPS) is 17.1. The Kier molecular flexibility index (Phi) is 2.30. The van der Waals surface area contributed by atoms with Gasteiger partial charge in [-0.3, -0.25) is 0 Å². The predicted molar refractivity (Wildman–Crippen MR) is 68.2 cm³/mol. The number of rotatable bonds is 3. The second-order valence-electron chi connectivity index (χ2n) is 5.05. The van der Waals surface area contributed by atoms with Gasteiger partial charge in [-0.15, -0.1) is 0 Å². The van der Waals surface area contributed by atoms with Gasteiger partial charge in [-0.1, -0.05) is 12.1 Å². The van der Waals surface area contributed by atoms with Crippen molar-refractivity contribution in [2.45, 2.75) is 31.7 Å². The fourth-order valence-corrected chi connectivity index (χ4v) is 2.21. The highest BCUT2D eigenvalue weighted by Gasteiger charge is 2.37. The van der Waals surface area contributed by atoms with Crippen LogP contribution in [0.25, 0.3) is 5.69 Å². The van der Waals surface area contributed by atoms with Gasteiger partial charge in [0.1, 0.15) is 5.82 Å².